The quantitative estimate of drug-likeness (QED) is 0.0584. The van der Waals surface area contributed by atoms with E-state index in [0.717, 1.165) is 9.13 Å². The number of halogens is 1. The highest BCUT2D eigenvalue weighted by Crippen LogP contribution is 2.43. The average molecular weight is 833 g/mol. The van der Waals surface area contributed by atoms with E-state index in [-0.39, 0.29) is 29.5 Å². The average Bonchev–Trinajstić information content (AvgIpc) is 3.53. The van der Waals surface area contributed by atoms with E-state index < -0.39 is 109 Å². The monoisotopic (exact) mass is 832 g/mol. The van der Waals surface area contributed by atoms with Gasteiger partial charge in [0.25, 0.3) is 0 Å². The van der Waals surface area contributed by atoms with Crippen LogP contribution in [0, 0.1) is 17.8 Å². The van der Waals surface area contributed by atoms with E-state index in [1.807, 2.05) is 0 Å². The number of aromatic nitrogens is 4. The van der Waals surface area contributed by atoms with Gasteiger partial charge in [-0.25, -0.2) is 9.59 Å². The summed E-state index contributed by atoms with van der Waals surface area (Å²) >= 11 is 0. The molecule has 9 N–H and O–H groups in total. The van der Waals surface area contributed by atoms with Crippen molar-refractivity contribution in [1.82, 2.24) is 19.1 Å². The highest BCUT2D eigenvalue weighted by molar-refractivity contribution is 5.85. The van der Waals surface area contributed by atoms with Gasteiger partial charge in [0.1, 0.15) is 30.5 Å². The number of carbonyl (C=O) groups is 3. The van der Waals surface area contributed by atoms with E-state index in [9.17, 15) is 44.8 Å². The minimum absolute atomic E-state index is 0. The summed E-state index contributed by atoms with van der Waals surface area (Å²) in [4.78, 5) is 74.0. The first-order valence-electron chi connectivity index (χ1n) is 16.5. The number of aliphatic hydroxyl groups excluding tert-OH is 3. The van der Waals surface area contributed by atoms with Crippen molar-refractivity contribution in [1.29, 1.82) is 0 Å². The molecule has 316 valence electrons. The minimum Gasteiger partial charge on any atom is -0.462 e. The Hall–Kier alpha value is -5.56. The fourth-order valence-electron chi connectivity index (χ4n) is 4.97. The molecule has 0 unspecified atom stereocenters. The Labute approximate surface area is 328 Å². The summed E-state index contributed by atoms with van der Waals surface area (Å²) in [6.07, 6.45) is -6.76. The van der Waals surface area contributed by atoms with Crippen LogP contribution in [0.1, 0.15) is 54.0 Å². The summed E-state index contributed by atoms with van der Waals surface area (Å²) < 4.78 is 29.4. The van der Waals surface area contributed by atoms with E-state index in [2.05, 4.69) is 30.0 Å². The molecule has 26 nitrogen and oxygen atoms in total. The molecule has 0 bridgehead atoms. The van der Waals surface area contributed by atoms with Crippen LogP contribution in [0.5, 0.6) is 0 Å². The Bertz CT molecular complexity index is 1950. The maximum absolute atomic E-state index is 12.6. The van der Waals surface area contributed by atoms with Crippen LogP contribution in [0.2, 0.25) is 0 Å². The Morgan fingerprint density at radius 1 is 0.842 bits per heavy atom. The SMILES string of the molecule is CC(C)C(=O)OC[C@@]1(N=[N+]=[N-])O[C@@H](n2ccc(N)nc2=O)[C@H](OC(=O)C(C)C)[C@@H]1OC(=O)C(C)C.Cl.O.[N-]=[N+]=N[C@]1(CO)O[C@@H](n2ccc(N)nc2=O)[C@H](O)[C@@H]1O. The van der Waals surface area contributed by atoms with Gasteiger partial charge in [-0.05, 0) is 23.2 Å². The number of azide groups is 2. The Morgan fingerprint density at radius 3 is 1.72 bits per heavy atom. The fraction of sp³-hybridized carbons (Fsp3) is 0.633. The molecule has 0 saturated carbocycles. The molecule has 0 aromatic carbocycles. The second-order valence-corrected chi connectivity index (χ2v) is 13.1. The van der Waals surface area contributed by atoms with Crippen molar-refractivity contribution in [2.75, 3.05) is 24.7 Å². The number of hydrogen-bond acceptors (Lipinski definition) is 19. The number of ether oxygens (including phenoxy) is 5. The van der Waals surface area contributed by atoms with Crippen molar-refractivity contribution in [3.05, 3.63) is 66.4 Å². The number of aliphatic hydroxyl groups is 3. The van der Waals surface area contributed by atoms with Gasteiger partial charge in [-0.2, -0.15) is 9.97 Å². The van der Waals surface area contributed by atoms with Crippen molar-refractivity contribution in [2.24, 2.45) is 28.0 Å². The molecule has 2 saturated heterocycles. The number of nitrogens with zero attached hydrogens (tertiary/aromatic N) is 10. The van der Waals surface area contributed by atoms with Gasteiger partial charge in [-0.15, -0.1) is 12.4 Å². The molecule has 4 rings (SSSR count). The lowest BCUT2D eigenvalue weighted by atomic mass is 10.0. The van der Waals surface area contributed by atoms with Crippen LogP contribution < -0.4 is 22.8 Å². The van der Waals surface area contributed by atoms with Gasteiger partial charge in [0.2, 0.25) is 11.4 Å². The lowest BCUT2D eigenvalue weighted by molar-refractivity contribution is -0.182. The molecular formula is C30H45ClN12O14. The van der Waals surface area contributed by atoms with Crippen molar-refractivity contribution < 1.29 is 58.9 Å². The van der Waals surface area contributed by atoms with E-state index in [1.165, 1.54) is 24.5 Å². The lowest BCUT2D eigenvalue weighted by Gasteiger charge is -2.30. The number of hydrogen-bond donors (Lipinski definition) is 5. The number of esters is 3. The predicted octanol–water partition coefficient (Wildman–Crippen LogP) is -0.632. The maximum atomic E-state index is 12.6. The van der Waals surface area contributed by atoms with Gasteiger partial charge >= 0.3 is 29.3 Å². The van der Waals surface area contributed by atoms with Crippen LogP contribution in [0.3, 0.4) is 0 Å². The van der Waals surface area contributed by atoms with E-state index in [4.69, 9.17) is 40.7 Å². The first-order chi connectivity index (χ1) is 25.8. The Morgan fingerprint density at radius 2 is 1.28 bits per heavy atom. The van der Waals surface area contributed by atoms with Crippen molar-refractivity contribution in [2.45, 2.75) is 89.9 Å². The number of carbonyl (C=O) groups excluding carboxylic acids is 3. The lowest BCUT2D eigenvalue weighted by Crippen LogP contribution is -2.50. The first kappa shape index (κ1) is 49.5. The van der Waals surface area contributed by atoms with E-state index in [0.29, 0.717) is 0 Å². The molecule has 2 aliphatic heterocycles. The molecule has 2 aromatic heterocycles. The summed E-state index contributed by atoms with van der Waals surface area (Å²) in [7, 11) is 0. The Balaban J connectivity index is 0.000000628. The second kappa shape index (κ2) is 20.6. The van der Waals surface area contributed by atoms with Crippen LogP contribution in [0.4, 0.5) is 11.6 Å². The van der Waals surface area contributed by atoms with Crippen molar-refractivity contribution in [3.8, 4) is 0 Å². The van der Waals surface area contributed by atoms with Crippen LogP contribution >= 0.6 is 12.4 Å². The summed E-state index contributed by atoms with van der Waals surface area (Å²) in [5.41, 5.74) is 22.7. The minimum atomic E-state index is -2.17. The first-order valence-corrected chi connectivity index (χ1v) is 16.5. The van der Waals surface area contributed by atoms with Crippen LogP contribution in [-0.2, 0) is 38.1 Å². The molecule has 27 heteroatoms. The second-order valence-electron chi connectivity index (χ2n) is 13.1. The normalized spacial score (nSPS) is 26.1. The van der Waals surface area contributed by atoms with Crippen molar-refractivity contribution >= 4 is 42.0 Å². The third-order valence-electron chi connectivity index (χ3n) is 7.99. The number of anilines is 2. The van der Waals surface area contributed by atoms with Gasteiger partial charge in [0.15, 0.2) is 24.7 Å². The van der Waals surface area contributed by atoms with E-state index >= 15 is 0 Å². The summed E-state index contributed by atoms with van der Waals surface area (Å²) in [6, 6.07) is 2.59. The molecule has 0 radical (unpaired) electrons. The van der Waals surface area contributed by atoms with Crippen LogP contribution in [0.25, 0.3) is 20.9 Å². The standard InChI is InChI=1S/C21H30N6O8.C9H12N6O5.ClH.H2O/c1-10(2)17(28)32-9-21(25-26-23)15(34-19(30)12(5)6)14(33-18(29)11(3)4)16(35-21)27-8-7-13(22)24-20(27)31;10-4-1-2-15(8(19)12-4)7-5(17)6(18)9(3-16,20-7)13-14-11;;/h7-8,10-12,14-16H,9H2,1-6H3,(H2,22,24,31);1-2,5-7,16-18H,3H2,(H2,10,12,19);1H;1H2/t14-,15+,16-,21-;5-,6+,7-,9-;;/m11../s1. The summed E-state index contributed by atoms with van der Waals surface area (Å²) in [6.45, 7) is 7.89. The van der Waals surface area contributed by atoms with Crippen LogP contribution in [0.15, 0.2) is 44.3 Å². The Kier molecular flexibility index (Phi) is 17.8. The van der Waals surface area contributed by atoms with Gasteiger partial charge in [0.05, 0.1) is 24.4 Å². The van der Waals surface area contributed by atoms with Gasteiger partial charge in [-0.3, -0.25) is 23.5 Å². The molecule has 0 spiro atoms. The topological polar surface area (TPSA) is 409 Å². The van der Waals surface area contributed by atoms with Crippen LogP contribution in [-0.4, -0.2) is 107 Å². The zero-order valence-electron chi connectivity index (χ0n) is 31.4. The maximum Gasteiger partial charge on any atom is 0.351 e. The molecule has 0 aliphatic carbocycles. The number of nitrogen functional groups attached to an aromatic ring is 2. The molecule has 2 aromatic rings. The van der Waals surface area contributed by atoms with E-state index in [1.54, 1.807) is 41.5 Å². The third kappa shape index (κ3) is 11.1. The number of nitrogens with two attached hydrogens (primary N) is 2. The van der Waals surface area contributed by atoms with Gasteiger partial charge in [-0.1, -0.05) is 51.8 Å². The smallest absolute Gasteiger partial charge is 0.351 e. The molecule has 0 amide bonds. The number of rotatable bonds is 12. The zero-order chi connectivity index (χ0) is 41.4. The molecule has 8 atom stereocenters. The van der Waals surface area contributed by atoms with Gasteiger partial charge in [0, 0.05) is 22.2 Å². The molecule has 57 heavy (non-hydrogen) atoms. The largest absolute Gasteiger partial charge is 0.462 e. The molecule has 2 aliphatic rings. The van der Waals surface area contributed by atoms with Gasteiger partial charge < -0.3 is 55.9 Å². The summed E-state index contributed by atoms with van der Waals surface area (Å²) in [5, 5.41) is 35.8. The molecule has 2 fully saturated rings. The fourth-order valence-corrected chi connectivity index (χ4v) is 4.97. The zero-order valence-corrected chi connectivity index (χ0v) is 32.2. The summed E-state index contributed by atoms with van der Waals surface area (Å²) in [5.74, 6) is -3.96. The predicted molar refractivity (Wildman–Crippen MR) is 195 cm³/mol. The highest BCUT2D eigenvalue weighted by atomic mass is 35.5. The molecule has 4 heterocycles. The van der Waals surface area contributed by atoms with Crippen molar-refractivity contribution in [3.63, 3.8) is 0 Å². The molecular weight excluding hydrogens is 788 g/mol. The third-order valence-corrected chi connectivity index (χ3v) is 7.99. The highest BCUT2D eigenvalue weighted by Gasteiger charge is 2.61.